The Bertz CT molecular complexity index is 1180. The van der Waals surface area contributed by atoms with Gasteiger partial charge < -0.3 is 14.8 Å². The summed E-state index contributed by atoms with van der Waals surface area (Å²) in [6.45, 7) is 0.552. The van der Waals surface area contributed by atoms with Gasteiger partial charge >= 0.3 is 0 Å². The third-order valence-electron chi connectivity index (χ3n) is 5.67. The molecule has 0 aliphatic carbocycles. The lowest BCUT2D eigenvalue weighted by Crippen LogP contribution is -2.12. The van der Waals surface area contributed by atoms with E-state index in [2.05, 4.69) is 69.8 Å². The lowest BCUT2D eigenvalue weighted by atomic mass is 9.98. The van der Waals surface area contributed by atoms with Gasteiger partial charge in [-0.15, -0.1) is 0 Å². The van der Waals surface area contributed by atoms with Gasteiger partial charge in [0.15, 0.2) is 0 Å². The maximum absolute atomic E-state index is 6.46. The van der Waals surface area contributed by atoms with Crippen molar-refractivity contribution in [3.63, 3.8) is 0 Å². The van der Waals surface area contributed by atoms with Crippen LogP contribution in [0.25, 0.3) is 0 Å². The van der Waals surface area contributed by atoms with Crippen LogP contribution >= 0.6 is 27.5 Å². The minimum absolute atomic E-state index is 0.117. The second kappa shape index (κ2) is 12.0. The van der Waals surface area contributed by atoms with Crippen molar-refractivity contribution in [2.75, 3.05) is 12.4 Å². The normalized spacial score (nSPS) is 11.6. The van der Waals surface area contributed by atoms with Gasteiger partial charge in [-0.25, -0.2) is 0 Å². The molecule has 0 radical (unpaired) electrons. The van der Waals surface area contributed by atoms with E-state index >= 15 is 0 Å². The van der Waals surface area contributed by atoms with E-state index in [-0.39, 0.29) is 6.04 Å². The Morgan fingerprint density at radius 1 is 0.853 bits per heavy atom. The monoisotopic (exact) mass is 535 g/mol. The summed E-state index contributed by atoms with van der Waals surface area (Å²) in [7, 11) is 1.67. The van der Waals surface area contributed by atoms with Gasteiger partial charge in [-0.3, -0.25) is 0 Å². The first-order valence-corrected chi connectivity index (χ1v) is 12.4. The van der Waals surface area contributed by atoms with Gasteiger partial charge in [-0.05, 0) is 84.1 Å². The second-order valence-corrected chi connectivity index (χ2v) is 9.37. The molecular weight excluding hydrogens is 510 g/mol. The van der Waals surface area contributed by atoms with Crippen LogP contribution in [-0.2, 0) is 13.0 Å². The predicted octanol–water partition coefficient (Wildman–Crippen LogP) is 8.48. The van der Waals surface area contributed by atoms with E-state index in [4.69, 9.17) is 21.1 Å². The first-order valence-electron chi connectivity index (χ1n) is 11.2. The average Bonchev–Trinajstić information content (AvgIpc) is 2.88. The zero-order chi connectivity index (χ0) is 23.8. The van der Waals surface area contributed by atoms with Crippen molar-refractivity contribution >= 4 is 33.2 Å². The lowest BCUT2D eigenvalue weighted by molar-refractivity contribution is 0.306. The highest BCUT2D eigenvalue weighted by atomic mass is 79.9. The van der Waals surface area contributed by atoms with E-state index in [1.807, 2.05) is 48.5 Å². The number of rotatable bonds is 10. The summed E-state index contributed by atoms with van der Waals surface area (Å²) in [5.41, 5.74) is 4.48. The lowest BCUT2D eigenvalue weighted by Gasteiger charge is -2.21. The summed E-state index contributed by atoms with van der Waals surface area (Å²) >= 11 is 10.00. The molecule has 4 aromatic rings. The van der Waals surface area contributed by atoms with Crippen LogP contribution in [0.4, 0.5) is 5.69 Å². The van der Waals surface area contributed by atoms with E-state index in [1.165, 1.54) is 5.56 Å². The molecule has 0 spiro atoms. The van der Waals surface area contributed by atoms with Crippen LogP contribution in [0, 0.1) is 0 Å². The molecule has 0 amide bonds. The van der Waals surface area contributed by atoms with Crippen LogP contribution in [0.5, 0.6) is 11.5 Å². The van der Waals surface area contributed by atoms with Gasteiger partial charge in [0.2, 0.25) is 0 Å². The fraction of sp³-hybridized carbons (Fsp3) is 0.172. The van der Waals surface area contributed by atoms with Crippen LogP contribution in [0.3, 0.4) is 0 Å². The molecule has 5 heteroatoms. The van der Waals surface area contributed by atoms with Gasteiger partial charge in [0, 0.05) is 15.2 Å². The third kappa shape index (κ3) is 6.78. The number of hydrogen-bond donors (Lipinski definition) is 1. The molecule has 0 bridgehead atoms. The Labute approximate surface area is 214 Å². The number of hydrogen-bond acceptors (Lipinski definition) is 3. The maximum Gasteiger partial charge on any atom is 0.119 e. The fourth-order valence-electron chi connectivity index (χ4n) is 3.78. The van der Waals surface area contributed by atoms with Gasteiger partial charge in [-0.1, -0.05) is 70.0 Å². The van der Waals surface area contributed by atoms with Gasteiger partial charge in [0.1, 0.15) is 18.1 Å². The molecule has 0 aliphatic rings. The number of methoxy groups -OCH3 is 1. The molecule has 1 unspecified atom stereocenters. The molecule has 0 fully saturated rings. The van der Waals surface area contributed by atoms with Crippen molar-refractivity contribution in [3.8, 4) is 11.5 Å². The Morgan fingerprint density at radius 3 is 2.26 bits per heavy atom. The van der Waals surface area contributed by atoms with Crippen molar-refractivity contribution in [1.82, 2.24) is 0 Å². The topological polar surface area (TPSA) is 30.5 Å². The van der Waals surface area contributed by atoms with Gasteiger partial charge in [0.25, 0.3) is 0 Å². The predicted molar refractivity (Wildman–Crippen MR) is 144 cm³/mol. The molecule has 0 aromatic heterocycles. The first kappa shape index (κ1) is 24.2. The minimum atomic E-state index is 0.117. The van der Waals surface area contributed by atoms with Crippen molar-refractivity contribution in [2.45, 2.75) is 25.5 Å². The molecule has 0 saturated heterocycles. The van der Waals surface area contributed by atoms with Crippen LogP contribution < -0.4 is 14.8 Å². The number of aryl methyl sites for hydroxylation is 1. The SMILES string of the molecule is COc1ccc(Cl)c(CCC(Nc2ccc(OCc3ccccc3)cc2)c2ccc(Br)cc2)c1. The van der Waals surface area contributed by atoms with Crippen molar-refractivity contribution in [2.24, 2.45) is 0 Å². The highest BCUT2D eigenvalue weighted by Gasteiger charge is 2.14. The van der Waals surface area contributed by atoms with Crippen LogP contribution in [0.15, 0.2) is 102 Å². The maximum atomic E-state index is 6.46. The molecule has 174 valence electrons. The number of nitrogens with one attached hydrogen (secondary N) is 1. The van der Waals surface area contributed by atoms with E-state index in [0.29, 0.717) is 6.61 Å². The van der Waals surface area contributed by atoms with Crippen LogP contribution in [-0.4, -0.2) is 7.11 Å². The quantitative estimate of drug-likeness (QED) is 0.220. The molecule has 4 rings (SSSR count). The Balaban J connectivity index is 1.45. The summed E-state index contributed by atoms with van der Waals surface area (Å²) < 4.78 is 12.4. The summed E-state index contributed by atoms with van der Waals surface area (Å²) in [6.07, 6.45) is 1.70. The molecule has 1 atom stereocenters. The fourth-order valence-corrected chi connectivity index (χ4v) is 4.25. The number of benzene rings is 4. The molecule has 1 N–H and O–H groups in total. The Hall–Kier alpha value is -2.95. The Kier molecular flexibility index (Phi) is 8.51. The molecule has 0 saturated carbocycles. The molecule has 0 heterocycles. The number of anilines is 1. The minimum Gasteiger partial charge on any atom is -0.497 e. The van der Waals surface area contributed by atoms with Gasteiger partial charge in [0.05, 0.1) is 13.2 Å². The standard InChI is InChI=1S/C29H27BrClNO2/c1-33-27-16-17-28(31)23(19-27)9-18-29(22-7-10-24(30)11-8-22)32-25-12-14-26(15-13-25)34-20-21-5-3-2-4-6-21/h2-8,10-17,19,29,32H,9,18,20H2,1H3. The summed E-state index contributed by atoms with van der Waals surface area (Å²) in [5.74, 6) is 1.66. The average molecular weight is 537 g/mol. The second-order valence-electron chi connectivity index (χ2n) is 8.04. The van der Waals surface area contributed by atoms with E-state index in [1.54, 1.807) is 7.11 Å². The zero-order valence-electron chi connectivity index (χ0n) is 19.0. The van der Waals surface area contributed by atoms with Crippen molar-refractivity contribution in [3.05, 3.63) is 123 Å². The van der Waals surface area contributed by atoms with E-state index in [0.717, 1.165) is 50.7 Å². The molecule has 0 aliphatic heterocycles. The first-order chi connectivity index (χ1) is 16.6. The molecule has 34 heavy (non-hydrogen) atoms. The molecule has 3 nitrogen and oxygen atoms in total. The highest BCUT2D eigenvalue weighted by molar-refractivity contribution is 9.10. The van der Waals surface area contributed by atoms with E-state index < -0.39 is 0 Å². The van der Waals surface area contributed by atoms with Gasteiger partial charge in [-0.2, -0.15) is 0 Å². The molecular formula is C29H27BrClNO2. The summed E-state index contributed by atoms with van der Waals surface area (Å²) in [6, 6.07) is 32.6. The Morgan fingerprint density at radius 2 is 1.56 bits per heavy atom. The molecule has 4 aromatic carbocycles. The zero-order valence-corrected chi connectivity index (χ0v) is 21.4. The van der Waals surface area contributed by atoms with E-state index in [9.17, 15) is 0 Å². The summed E-state index contributed by atoms with van der Waals surface area (Å²) in [4.78, 5) is 0. The van der Waals surface area contributed by atoms with Crippen molar-refractivity contribution in [1.29, 1.82) is 0 Å². The van der Waals surface area contributed by atoms with Crippen molar-refractivity contribution < 1.29 is 9.47 Å². The third-order valence-corrected chi connectivity index (χ3v) is 6.57. The number of halogens is 2. The smallest absolute Gasteiger partial charge is 0.119 e. The highest BCUT2D eigenvalue weighted by Crippen LogP contribution is 2.30. The van der Waals surface area contributed by atoms with Crippen LogP contribution in [0.1, 0.15) is 29.2 Å². The summed E-state index contributed by atoms with van der Waals surface area (Å²) in [5, 5.41) is 4.45. The largest absolute Gasteiger partial charge is 0.497 e. The van der Waals surface area contributed by atoms with Crippen LogP contribution in [0.2, 0.25) is 5.02 Å². The number of ether oxygens (including phenoxy) is 2.